The summed E-state index contributed by atoms with van der Waals surface area (Å²) in [5.41, 5.74) is 0.130. The van der Waals surface area contributed by atoms with E-state index in [1.54, 1.807) is 17.0 Å². The summed E-state index contributed by atoms with van der Waals surface area (Å²) in [6.45, 7) is 4.98. The maximum atomic E-state index is 14.0. The molecule has 1 aromatic heterocycles. The molecule has 4 atom stereocenters. The molecular formula is C28H35ClF3N5O3. The minimum atomic E-state index is -4.65. The fraction of sp³-hybridized carbons (Fsp3) is 0.643. The van der Waals surface area contributed by atoms with E-state index in [2.05, 4.69) is 17.2 Å². The van der Waals surface area contributed by atoms with Crippen molar-refractivity contribution < 1.29 is 27.5 Å². The number of aromatic nitrogens is 3. The first-order valence-electron chi connectivity index (χ1n) is 13.9. The second kappa shape index (κ2) is 11.2. The number of benzene rings is 1. The number of halogens is 4. The van der Waals surface area contributed by atoms with Crippen LogP contribution in [0.15, 0.2) is 12.1 Å². The molecule has 1 aromatic carbocycles. The van der Waals surface area contributed by atoms with Crippen molar-refractivity contribution in [3.8, 4) is 5.75 Å². The molecule has 0 unspecified atom stereocenters. The lowest BCUT2D eigenvalue weighted by molar-refractivity contribution is -0.145. The Morgan fingerprint density at radius 2 is 1.95 bits per heavy atom. The zero-order valence-electron chi connectivity index (χ0n) is 23.0. The van der Waals surface area contributed by atoms with Gasteiger partial charge in [-0.25, -0.2) is 4.68 Å². The standard InChI is InChI=1S/C28H35ClF3N5O3/c1-16-12-24(38)36(13-16)14-22-25-19(10-11-37(22)27(39)18-7-5-4-6-17(18)2)20(29)8-9-23(25)40-15-21-26(28(30,31)32)35(3)34-33-21/h8-9,16-18,22H,4-7,10-15H2,1-3H3/t16-,17+,18+,22-/m1/s1. The average Bonchev–Trinajstić information content (AvgIpc) is 3.43. The average molecular weight is 582 g/mol. The van der Waals surface area contributed by atoms with Crippen LogP contribution < -0.4 is 4.74 Å². The first kappa shape index (κ1) is 28.7. The number of fused-ring (bicyclic) bond motifs is 1. The van der Waals surface area contributed by atoms with Crippen molar-refractivity contribution in [2.24, 2.45) is 24.8 Å². The predicted octanol–water partition coefficient (Wildman–Crippen LogP) is 5.19. The van der Waals surface area contributed by atoms with E-state index in [0.717, 1.165) is 31.2 Å². The predicted molar refractivity (Wildman–Crippen MR) is 141 cm³/mol. The maximum absolute atomic E-state index is 14.0. The molecule has 40 heavy (non-hydrogen) atoms. The van der Waals surface area contributed by atoms with Crippen LogP contribution in [0, 0.1) is 17.8 Å². The normalized spacial score (nSPS) is 25.3. The van der Waals surface area contributed by atoms with Gasteiger partial charge in [0.05, 0.1) is 6.04 Å². The SMILES string of the molecule is C[C@@H]1CC(=O)N(C[C@@H]2c3c(OCc4nnn(C)c4C(F)(F)F)ccc(Cl)c3CCN2C(=O)[C@H]2CCCC[C@@H]2C)C1. The molecular weight excluding hydrogens is 547 g/mol. The molecule has 1 saturated heterocycles. The number of carbonyl (C=O) groups is 2. The molecule has 12 heteroatoms. The van der Waals surface area contributed by atoms with Crippen LogP contribution in [-0.2, 0) is 35.8 Å². The van der Waals surface area contributed by atoms with E-state index in [-0.39, 0.29) is 41.8 Å². The van der Waals surface area contributed by atoms with Gasteiger partial charge < -0.3 is 14.5 Å². The first-order chi connectivity index (χ1) is 19.0. The molecule has 2 aliphatic heterocycles. The molecule has 1 aliphatic carbocycles. The highest BCUT2D eigenvalue weighted by molar-refractivity contribution is 6.31. The fourth-order valence-electron chi connectivity index (χ4n) is 6.60. The Kier molecular flexibility index (Phi) is 8.05. The number of aryl methyl sites for hydroxylation is 1. The maximum Gasteiger partial charge on any atom is 0.435 e. The van der Waals surface area contributed by atoms with Crippen molar-refractivity contribution in [1.82, 2.24) is 24.8 Å². The second-order valence-corrected chi connectivity index (χ2v) is 11.9. The van der Waals surface area contributed by atoms with Crippen LogP contribution in [0.4, 0.5) is 13.2 Å². The van der Waals surface area contributed by atoms with Crippen LogP contribution in [0.25, 0.3) is 0 Å². The zero-order valence-corrected chi connectivity index (χ0v) is 23.8. The van der Waals surface area contributed by atoms with Crippen molar-refractivity contribution in [1.29, 1.82) is 0 Å². The summed E-state index contributed by atoms with van der Waals surface area (Å²) in [6.07, 6.45) is 0.197. The van der Waals surface area contributed by atoms with Crippen molar-refractivity contribution in [2.45, 2.75) is 71.2 Å². The summed E-state index contributed by atoms with van der Waals surface area (Å²) >= 11 is 6.64. The van der Waals surface area contributed by atoms with Gasteiger partial charge in [-0.15, -0.1) is 5.10 Å². The summed E-state index contributed by atoms with van der Waals surface area (Å²) in [5.74, 6) is 0.758. The minimum absolute atomic E-state index is 0.0249. The lowest BCUT2D eigenvalue weighted by atomic mass is 9.78. The lowest BCUT2D eigenvalue weighted by Crippen LogP contribution is -2.49. The first-order valence-corrected chi connectivity index (χ1v) is 14.3. The summed E-state index contributed by atoms with van der Waals surface area (Å²) in [7, 11) is 1.18. The van der Waals surface area contributed by atoms with Crippen molar-refractivity contribution in [3.05, 3.63) is 39.7 Å². The molecule has 218 valence electrons. The van der Waals surface area contributed by atoms with Gasteiger partial charge in [-0.3, -0.25) is 9.59 Å². The van der Waals surface area contributed by atoms with Gasteiger partial charge in [0.25, 0.3) is 0 Å². The van der Waals surface area contributed by atoms with Gasteiger partial charge in [-0.05, 0) is 48.8 Å². The Morgan fingerprint density at radius 1 is 1.20 bits per heavy atom. The van der Waals surface area contributed by atoms with E-state index in [9.17, 15) is 22.8 Å². The number of likely N-dealkylation sites (tertiary alicyclic amines) is 1. The minimum Gasteiger partial charge on any atom is -0.487 e. The smallest absolute Gasteiger partial charge is 0.435 e. The molecule has 5 rings (SSSR count). The third-order valence-corrected chi connectivity index (χ3v) is 8.97. The molecule has 2 aromatic rings. The molecule has 3 aliphatic rings. The summed E-state index contributed by atoms with van der Waals surface area (Å²) in [4.78, 5) is 30.5. The molecule has 0 N–H and O–H groups in total. The number of hydrogen-bond donors (Lipinski definition) is 0. The summed E-state index contributed by atoms with van der Waals surface area (Å²) in [5, 5.41) is 7.72. The van der Waals surface area contributed by atoms with Crippen LogP contribution in [0.5, 0.6) is 5.75 Å². The van der Waals surface area contributed by atoms with Gasteiger partial charge in [-0.1, -0.05) is 43.5 Å². The monoisotopic (exact) mass is 581 g/mol. The van der Waals surface area contributed by atoms with Crippen LogP contribution in [-0.4, -0.2) is 56.2 Å². The Labute approximate surface area is 236 Å². The highest BCUT2D eigenvalue weighted by Crippen LogP contribution is 2.43. The number of ether oxygens (including phenoxy) is 1. The van der Waals surface area contributed by atoms with E-state index in [1.165, 1.54) is 7.05 Å². The van der Waals surface area contributed by atoms with Gasteiger partial charge in [0.2, 0.25) is 11.8 Å². The highest BCUT2D eigenvalue weighted by atomic mass is 35.5. The number of hydrogen-bond acceptors (Lipinski definition) is 5. The van der Waals surface area contributed by atoms with E-state index < -0.39 is 24.5 Å². The van der Waals surface area contributed by atoms with Crippen LogP contribution >= 0.6 is 11.6 Å². The number of nitrogens with zero attached hydrogens (tertiary/aromatic N) is 5. The molecule has 8 nitrogen and oxygen atoms in total. The molecule has 2 fully saturated rings. The molecule has 0 spiro atoms. The summed E-state index contributed by atoms with van der Waals surface area (Å²) in [6, 6.07) is 2.76. The summed E-state index contributed by atoms with van der Waals surface area (Å²) < 4.78 is 47.6. The Morgan fingerprint density at radius 3 is 2.62 bits per heavy atom. The molecule has 0 bridgehead atoms. The number of rotatable bonds is 6. The van der Waals surface area contributed by atoms with Crippen LogP contribution in [0.1, 0.15) is 74.5 Å². The zero-order chi connectivity index (χ0) is 28.8. The van der Waals surface area contributed by atoms with Gasteiger partial charge in [0.1, 0.15) is 18.1 Å². The lowest BCUT2D eigenvalue weighted by Gasteiger charge is -2.43. The van der Waals surface area contributed by atoms with Crippen LogP contribution in [0.3, 0.4) is 0 Å². The van der Waals surface area contributed by atoms with Crippen molar-refractivity contribution in [2.75, 3.05) is 19.6 Å². The number of amides is 2. The van der Waals surface area contributed by atoms with E-state index in [1.807, 2.05) is 11.8 Å². The number of alkyl halides is 3. The molecule has 2 amide bonds. The van der Waals surface area contributed by atoms with Gasteiger partial charge in [-0.2, -0.15) is 13.2 Å². The molecule has 0 radical (unpaired) electrons. The quantitative estimate of drug-likeness (QED) is 0.469. The Balaban J connectivity index is 1.52. The van der Waals surface area contributed by atoms with Gasteiger partial charge >= 0.3 is 6.18 Å². The molecule has 1 saturated carbocycles. The fourth-order valence-corrected chi connectivity index (χ4v) is 6.86. The Bertz CT molecular complexity index is 1280. The van der Waals surface area contributed by atoms with E-state index >= 15 is 0 Å². The van der Waals surface area contributed by atoms with E-state index in [4.69, 9.17) is 16.3 Å². The number of carbonyl (C=O) groups excluding carboxylic acids is 2. The third kappa shape index (κ3) is 5.53. The van der Waals surface area contributed by atoms with Gasteiger partial charge in [0.15, 0.2) is 5.69 Å². The van der Waals surface area contributed by atoms with E-state index in [0.29, 0.717) is 46.9 Å². The largest absolute Gasteiger partial charge is 0.487 e. The second-order valence-electron chi connectivity index (χ2n) is 11.5. The highest BCUT2D eigenvalue weighted by Gasteiger charge is 2.42. The van der Waals surface area contributed by atoms with Gasteiger partial charge in [0, 0.05) is 49.6 Å². The van der Waals surface area contributed by atoms with Crippen molar-refractivity contribution >= 4 is 23.4 Å². The van der Waals surface area contributed by atoms with Crippen LogP contribution in [0.2, 0.25) is 5.02 Å². The third-order valence-electron chi connectivity index (χ3n) is 8.61. The molecule has 3 heterocycles. The Hall–Kier alpha value is -2.82. The topological polar surface area (TPSA) is 80.6 Å². The van der Waals surface area contributed by atoms with Crippen molar-refractivity contribution in [3.63, 3.8) is 0 Å².